The van der Waals surface area contributed by atoms with Crippen LogP contribution in [0.5, 0.6) is 5.75 Å². The van der Waals surface area contributed by atoms with Crippen molar-refractivity contribution in [3.63, 3.8) is 0 Å². The number of phenolic OH excluding ortho intramolecular Hbond substituents is 1. The van der Waals surface area contributed by atoms with E-state index < -0.39 is 0 Å². The summed E-state index contributed by atoms with van der Waals surface area (Å²) in [6, 6.07) is 29.9. The fourth-order valence-electron chi connectivity index (χ4n) is 3.12. The molecule has 0 bridgehead atoms. The van der Waals surface area contributed by atoms with Gasteiger partial charge >= 0.3 is 0 Å². The predicted molar refractivity (Wildman–Crippen MR) is 104 cm³/mol. The second-order valence-corrected chi connectivity index (χ2v) is 6.16. The van der Waals surface area contributed by atoms with Crippen LogP contribution in [-0.2, 0) is 0 Å². The highest BCUT2D eigenvalue weighted by molar-refractivity contribution is 5.87. The van der Waals surface area contributed by atoms with E-state index in [0.29, 0.717) is 0 Å². The smallest absolute Gasteiger partial charge is 0.131 e. The van der Waals surface area contributed by atoms with E-state index in [1.165, 1.54) is 12.1 Å². The fourth-order valence-corrected chi connectivity index (χ4v) is 3.12. The molecule has 0 amide bonds. The summed E-state index contributed by atoms with van der Waals surface area (Å²) < 4.78 is 13.3. The quantitative estimate of drug-likeness (QED) is 0.449. The normalized spacial score (nSPS) is 10.7. The number of halogens is 1. The molecule has 1 N–H and O–H groups in total. The minimum atomic E-state index is -0.265. The van der Waals surface area contributed by atoms with Gasteiger partial charge in [-0.15, -0.1) is 0 Å². The van der Waals surface area contributed by atoms with Gasteiger partial charge in [-0.25, -0.2) is 4.39 Å². The van der Waals surface area contributed by atoms with Crippen LogP contribution in [-0.4, -0.2) is 5.11 Å². The average molecular weight is 340 g/mol. The molecule has 0 aliphatic carbocycles. The van der Waals surface area contributed by atoms with Crippen molar-refractivity contribution in [2.24, 2.45) is 0 Å². The van der Waals surface area contributed by atoms with Gasteiger partial charge < -0.3 is 5.11 Å². The first-order chi connectivity index (χ1) is 12.7. The lowest BCUT2D eigenvalue weighted by molar-refractivity contribution is 0.479. The first kappa shape index (κ1) is 16.1. The Hall–Kier alpha value is -3.39. The number of aromatic hydroxyl groups is 1. The summed E-state index contributed by atoms with van der Waals surface area (Å²) >= 11 is 0. The SMILES string of the molecule is Oc1c(-c2ccccc2)cc(-c2ccc(F)cc2)cc1-c1ccccc1. The van der Waals surface area contributed by atoms with Crippen molar-refractivity contribution >= 4 is 0 Å². The van der Waals surface area contributed by atoms with E-state index in [9.17, 15) is 9.50 Å². The molecule has 0 heterocycles. The van der Waals surface area contributed by atoms with Crippen LogP contribution >= 0.6 is 0 Å². The lowest BCUT2D eigenvalue weighted by atomic mass is 9.92. The van der Waals surface area contributed by atoms with Crippen LogP contribution in [0.3, 0.4) is 0 Å². The van der Waals surface area contributed by atoms with Crippen molar-refractivity contribution < 1.29 is 9.50 Å². The van der Waals surface area contributed by atoms with Gasteiger partial charge in [-0.05, 0) is 46.5 Å². The van der Waals surface area contributed by atoms with E-state index in [0.717, 1.165) is 33.4 Å². The summed E-state index contributed by atoms with van der Waals surface area (Å²) in [5.74, 6) is -0.0210. The molecule has 4 rings (SSSR count). The predicted octanol–water partition coefficient (Wildman–Crippen LogP) is 6.53. The number of rotatable bonds is 3. The Balaban J connectivity index is 1.97. The van der Waals surface area contributed by atoms with Crippen molar-refractivity contribution in [1.82, 2.24) is 0 Å². The van der Waals surface area contributed by atoms with E-state index in [2.05, 4.69) is 0 Å². The van der Waals surface area contributed by atoms with Gasteiger partial charge in [0.05, 0.1) is 0 Å². The van der Waals surface area contributed by atoms with Crippen molar-refractivity contribution in [3.05, 3.63) is 103 Å². The second-order valence-electron chi connectivity index (χ2n) is 6.16. The molecule has 126 valence electrons. The van der Waals surface area contributed by atoms with Crippen LogP contribution in [0.15, 0.2) is 97.1 Å². The molecule has 1 nitrogen and oxygen atoms in total. The molecule has 0 fully saturated rings. The Bertz CT molecular complexity index is 962. The third-order valence-electron chi connectivity index (χ3n) is 4.46. The first-order valence-corrected chi connectivity index (χ1v) is 8.46. The van der Waals surface area contributed by atoms with Crippen LogP contribution in [0.25, 0.3) is 33.4 Å². The van der Waals surface area contributed by atoms with Gasteiger partial charge in [-0.1, -0.05) is 72.8 Å². The van der Waals surface area contributed by atoms with Gasteiger partial charge in [-0.3, -0.25) is 0 Å². The molecule has 0 spiro atoms. The van der Waals surface area contributed by atoms with Crippen molar-refractivity contribution in [2.45, 2.75) is 0 Å². The minimum absolute atomic E-state index is 0.244. The zero-order valence-electron chi connectivity index (χ0n) is 14.1. The molecular weight excluding hydrogens is 323 g/mol. The Kier molecular flexibility index (Phi) is 4.24. The summed E-state index contributed by atoms with van der Waals surface area (Å²) in [7, 11) is 0. The standard InChI is InChI=1S/C24H17FO/c25-21-13-11-17(12-14-21)20-15-22(18-7-3-1-4-8-18)24(26)23(16-20)19-9-5-2-6-10-19/h1-16,26H. The van der Waals surface area contributed by atoms with Crippen LogP contribution in [0.2, 0.25) is 0 Å². The van der Waals surface area contributed by atoms with E-state index in [-0.39, 0.29) is 11.6 Å². The average Bonchev–Trinajstić information content (AvgIpc) is 2.70. The molecule has 4 aromatic carbocycles. The Morgan fingerprint density at radius 1 is 0.500 bits per heavy atom. The van der Waals surface area contributed by atoms with E-state index in [1.807, 2.05) is 72.8 Å². The zero-order chi connectivity index (χ0) is 17.9. The lowest BCUT2D eigenvalue weighted by Gasteiger charge is -2.14. The van der Waals surface area contributed by atoms with Crippen LogP contribution in [0.4, 0.5) is 4.39 Å². The minimum Gasteiger partial charge on any atom is -0.507 e. The maximum Gasteiger partial charge on any atom is 0.131 e. The molecule has 0 aliphatic heterocycles. The molecule has 0 saturated heterocycles. The molecule has 0 atom stereocenters. The van der Waals surface area contributed by atoms with Crippen LogP contribution in [0, 0.1) is 5.82 Å². The molecule has 4 aromatic rings. The molecule has 0 radical (unpaired) electrons. The summed E-state index contributed by atoms with van der Waals surface area (Å²) in [5.41, 5.74) is 5.22. The lowest BCUT2D eigenvalue weighted by Crippen LogP contribution is -1.88. The maximum atomic E-state index is 13.3. The van der Waals surface area contributed by atoms with E-state index in [1.54, 1.807) is 12.1 Å². The molecule has 26 heavy (non-hydrogen) atoms. The highest BCUT2D eigenvalue weighted by Gasteiger charge is 2.14. The number of phenols is 1. The summed E-state index contributed by atoms with van der Waals surface area (Å²) in [6.45, 7) is 0. The molecule has 0 unspecified atom stereocenters. The maximum absolute atomic E-state index is 13.3. The van der Waals surface area contributed by atoms with Gasteiger partial charge in [0, 0.05) is 11.1 Å². The largest absolute Gasteiger partial charge is 0.507 e. The monoisotopic (exact) mass is 340 g/mol. The zero-order valence-corrected chi connectivity index (χ0v) is 14.1. The van der Waals surface area contributed by atoms with E-state index in [4.69, 9.17) is 0 Å². The van der Waals surface area contributed by atoms with Gasteiger partial charge in [0.15, 0.2) is 0 Å². The number of hydrogen-bond donors (Lipinski definition) is 1. The third-order valence-corrected chi connectivity index (χ3v) is 4.46. The van der Waals surface area contributed by atoms with Crippen LogP contribution in [0.1, 0.15) is 0 Å². The fraction of sp³-hybridized carbons (Fsp3) is 0. The Morgan fingerprint density at radius 3 is 1.42 bits per heavy atom. The summed E-state index contributed by atoms with van der Waals surface area (Å²) in [6.07, 6.45) is 0. The molecule has 2 heteroatoms. The highest BCUT2D eigenvalue weighted by Crippen LogP contribution is 2.41. The van der Waals surface area contributed by atoms with Gasteiger partial charge in [0.2, 0.25) is 0 Å². The first-order valence-electron chi connectivity index (χ1n) is 8.46. The number of benzene rings is 4. The molecule has 0 aliphatic rings. The van der Waals surface area contributed by atoms with Crippen molar-refractivity contribution in [3.8, 4) is 39.1 Å². The Labute approximate surface area is 152 Å². The van der Waals surface area contributed by atoms with Crippen LogP contribution < -0.4 is 0 Å². The van der Waals surface area contributed by atoms with Crippen molar-refractivity contribution in [1.29, 1.82) is 0 Å². The third kappa shape index (κ3) is 3.09. The molecular formula is C24H17FO. The molecule has 0 saturated carbocycles. The van der Waals surface area contributed by atoms with Gasteiger partial charge in [0.1, 0.15) is 11.6 Å². The highest BCUT2D eigenvalue weighted by atomic mass is 19.1. The molecule has 0 aromatic heterocycles. The van der Waals surface area contributed by atoms with Gasteiger partial charge in [-0.2, -0.15) is 0 Å². The summed E-state index contributed by atoms with van der Waals surface area (Å²) in [5, 5.41) is 11.0. The second kappa shape index (κ2) is 6.85. The topological polar surface area (TPSA) is 20.2 Å². The summed E-state index contributed by atoms with van der Waals surface area (Å²) in [4.78, 5) is 0. The van der Waals surface area contributed by atoms with E-state index >= 15 is 0 Å². The van der Waals surface area contributed by atoms with Crippen molar-refractivity contribution in [2.75, 3.05) is 0 Å². The number of hydrogen-bond acceptors (Lipinski definition) is 1. The van der Waals surface area contributed by atoms with Gasteiger partial charge in [0.25, 0.3) is 0 Å². The Morgan fingerprint density at radius 2 is 0.962 bits per heavy atom.